The molecule has 2 aromatic rings. The van der Waals surface area contributed by atoms with Crippen molar-refractivity contribution in [1.29, 1.82) is 5.26 Å². The third kappa shape index (κ3) is 12.8. The van der Waals surface area contributed by atoms with Gasteiger partial charge in [0, 0.05) is 5.70 Å². The van der Waals surface area contributed by atoms with Crippen LogP contribution < -0.4 is 0 Å². The van der Waals surface area contributed by atoms with E-state index in [-0.39, 0.29) is 5.82 Å². The fourth-order valence-corrected chi connectivity index (χ4v) is 3.68. The number of terminal acetylenes is 1. The predicted molar refractivity (Wildman–Crippen MR) is 164 cm³/mol. The number of rotatable bonds is 12. The summed E-state index contributed by atoms with van der Waals surface area (Å²) >= 11 is 0. The molecule has 38 heavy (non-hydrogen) atoms. The Labute approximate surface area is 231 Å². The highest BCUT2D eigenvalue weighted by atomic mass is 19.1. The summed E-state index contributed by atoms with van der Waals surface area (Å²) in [5.74, 6) is 0.512. The van der Waals surface area contributed by atoms with Gasteiger partial charge in [-0.2, -0.15) is 5.26 Å². The minimum Gasteiger partial charge on any atom is -0.268 e. The number of aliphatic imine (C=N–C) groups is 1. The maximum Gasteiger partial charge on any atom is 0.123 e. The van der Waals surface area contributed by atoms with Gasteiger partial charge in [-0.25, -0.2) is 4.39 Å². The van der Waals surface area contributed by atoms with Crippen molar-refractivity contribution in [3.63, 3.8) is 0 Å². The van der Waals surface area contributed by atoms with Gasteiger partial charge in [0.15, 0.2) is 0 Å². The third-order valence-electron chi connectivity index (χ3n) is 6.25. The summed E-state index contributed by atoms with van der Waals surface area (Å²) in [6, 6.07) is 16.5. The van der Waals surface area contributed by atoms with Crippen LogP contribution in [0.4, 0.5) is 4.39 Å². The number of nitrogens with zero attached hydrogens (tertiary/aromatic N) is 2. The second-order valence-corrected chi connectivity index (χ2v) is 8.98. The summed E-state index contributed by atoms with van der Waals surface area (Å²) in [6.45, 7) is 20.3. The molecule has 2 nitrogen and oxygen atoms in total. The molecule has 1 unspecified atom stereocenters. The van der Waals surface area contributed by atoms with Crippen molar-refractivity contribution in [2.24, 2.45) is 10.9 Å². The first kappa shape index (κ1) is 34.1. The van der Waals surface area contributed by atoms with Crippen LogP contribution in [-0.2, 0) is 12.8 Å². The minimum atomic E-state index is -0.210. The van der Waals surface area contributed by atoms with Gasteiger partial charge >= 0.3 is 0 Å². The zero-order valence-electron chi connectivity index (χ0n) is 23.6. The van der Waals surface area contributed by atoms with Gasteiger partial charge in [0.1, 0.15) is 5.82 Å². The second-order valence-electron chi connectivity index (χ2n) is 8.98. The standard InChI is InChI=1S/C25H25FN2.C8H16.C2H2/c1-19(2)24(15-8-13-21-11-4-5-12-22(21)18-27)25(28-3)16-7-10-20-9-6-14-23(26)17-20;1-5-7(3)8(4)6-2;1-2/h4-6,8-9,11-12,14-15,17H,1,3,7,10,13,16H2,2H3;8H,3,5-6H2,1-2,4H3;1-2H/b15-8-,25-24+;;. The molecule has 1 atom stereocenters. The zero-order valence-corrected chi connectivity index (χ0v) is 23.6. The molecule has 2 aromatic carbocycles. The van der Waals surface area contributed by atoms with Crippen LogP contribution in [0.5, 0.6) is 0 Å². The normalized spacial score (nSPS) is 11.5. The lowest BCUT2D eigenvalue weighted by Crippen LogP contribution is -1.93. The topological polar surface area (TPSA) is 36.1 Å². The molecule has 2 rings (SSSR count). The van der Waals surface area contributed by atoms with Gasteiger partial charge in [-0.15, -0.1) is 12.8 Å². The van der Waals surface area contributed by atoms with E-state index in [0.717, 1.165) is 59.6 Å². The summed E-state index contributed by atoms with van der Waals surface area (Å²) in [6.07, 6.45) is 17.4. The molecule has 0 aliphatic heterocycles. The number of nitriles is 1. The minimum absolute atomic E-state index is 0.210. The van der Waals surface area contributed by atoms with Gasteiger partial charge in [0.05, 0.1) is 11.6 Å². The van der Waals surface area contributed by atoms with Crippen LogP contribution in [0, 0.1) is 35.9 Å². The van der Waals surface area contributed by atoms with Crippen LogP contribution in [0.25, 0.3) is 0 Å². The Hall–Kier alpha value is -3.95. The highest BCUT2D eigenvalue weighted by Gasteiger charge is 2.06. The summed E-state index contributed by atoms with van der Waals surface area (Å²) < 4.78 is 13.3. The van der Waals surface area contributed by atoms with E-state index in [1.165, 1.54) is 18.1 Å². The van der Waals surface area contributed by atoms with Gasteiger partial charge in [-0.05, 0) is 98.6 Å². The Morgan fingerprint density at radius 3 is 2.34 bits per heavy atom. The maximum absolute atomic E-state index is 13.3. The van der Waals surface area contributed by atoms with Crippen molar-refractivity contribution in [2.45, 2.75) is 66.2 Å². The molecule has 0 fully saturated rings. The van der Waals surface area contributed by atoms with Gasteiger partial charge < -0.3 is 0 Å². The van der Waals surface area contributed by atoms with E-state index in [9.17, 15) is 9.65 Å². The van der Waals surface area contributed by atoms with Gasteiger partial charge in [0.2, 0.25) is 0 Å². The molecular weight excluding hydrogens is 467 g/mol. The van der Waals surface area contributed by atoms with E-state index in [0.29, 0.717) is 12.0 Å². The van der Waals surface area contributed by atoms with E-state index >= 15 is 0 Å². The van der Waals surface area contributed by atoms with Crippen LogP contribution in [-0.4, -0.2) is 6.72 Å². The number of allylic oxidation sites excluding steroid dienone is 6. The first-order valence-electron chi connectivity index (χ1n) is 13.0. The number of hydrogen-bond donors (Lipinski definition) is 0. The maximum atomic E-state index is 13.3. The second kappa shape index (κ2) is 20.1. The first-order chi connectivity index (χ1) is 18.3. The van der Waals surface area contributed by atoms with Gasteiger partial charge in [0.25, 0.3) is 0 Å². The Morgan fingerprint density at radius 2 is 1.82 bits per heavy atom. The van der Waals surface area contributed by atoms with Crippen molar-refractivity contribution in [3.8, 4) is 18.9 Å². The predicted octanol–water partition coefficient (Wildman–Crippen LogP) is 9.60. The Bertz CT molecular complexity index is 1160. The molecule has 0 radical (unpaired) electrons. The van der Waals surface area contributed by atoms with Crippen molar-refractivity contribution in [2.75, 3.05) is 0 Å². The summed E-state index contributed by atoms with van der Waals surface area (Å²) in [5, 5.41) is 9.21. The molecule has 0 N–H and O–H groups in total. The van der Waals surface area contributed by atoms with E-state index in [1.807, 2.05) is 49.4 Å². The lowest BCUT2D eigenvalue weighted by molar-refractivity contribution is 0.624. The first-order valence-corrected chi connectivity index (χ1v) is 13.0. The third-order valence-corrected chi connectivity index (χ3v) is 6.25. The molecule has 0 saturated carbocycles. The van der Waals surface area contributed by atoms with Crippen LogP contribution in [0.3, 0.4) is 0 Å². The average molecular weight is 511 g/mol. The van der Waals surface area contributed by atoms with E-state index in [1.54, 1.807) is 12.1 Å². The van der Waals surface area contributed by atoms with Crippen LogP contribution in [0.1, 0.15) is 70.1 Å². The molecule has 0 bridgehead atoms. The molecular formula is C35H43FN2. The molecule has 3 heteroatoms. The SMILES string of the molecule is C#C.C=C(CC)C(C)CC.C=N/C(CCCc1cccc(F)c1)=C(\C=C/Cc1ccccc1C#N)C(=C)C. The molecule has 200 valence electrons. The Morgan fingerprint density at radius 1 is 1.13 bits per heavy atom. The highest BCUT2D eigenvalue weighted by molar-refractivity contribution is 5.45. The molecule has 0 amide bonds. The fraction of sp³-hybridized carbons (Fsp3) is 0.314. The van der Waals surface area contributed by atoms with Crippen molar-refractivity contribution >= 4 is 6.72 Å². The smallest absolute Gasteiger partial charge is 0.123 e. The molecule has 0 saturated heterocycles. The largest absolute Gasteiger partial charge is 0.268 e. The van der Waals surface area contributed by atoms with Crippen LogP contribution in [0.15, 0.2) is 101 Å². The Kier molecular flexibility index (Phi) is 18.1. The lowest BCUT2D eigenvalue weighted by atomic mass is 9.98. The van der Waals surface area contributed by atoms with E-state index in [4.69, 9.17) is 0 Å². The number of aryl methyl sites for hydroxylation is 1. The van der Waals surface area contributed by atoms with Gasteiger partial charge in [-0.1, -0.05) is 82.0 Å². The quantitative estimate of drug-likeness (QED) is 0.121. The van der Waals surface area contributed by atoms with Crippen LogP contribution in [0.2, 0.25) is 0 Å². The number of halogens is 1. The fourth-order valence-electron chi connectivity index (χ4n) is 3.68. The van der Waals surface area contributed by atoms with E-state index < -0.39 is 0 Å². The molecule has 0 aromatic heterocycles. The number of benzene rings is 2. The van der Waals surface area contributed by atoms with Gasteiger partial charge in [-0.3, -0.25) is 4.99 Å². The monoisotopic (exact) mass is 510 g/mol. The van der Waals surface area contributed by atoms with Crippen molar-refractivity contribution in [1.82, 2.24) is 0 Å². The van der Waals surface area contributed by atoms with Crippen molar-refractivity contribution < 1.29 is 4.39 Å². The lowest BCUT2D eigenvalue weighted by Gasteiger charge is -2.09. The molecule has 0 aliphatic carbocycles. The number of hydrogen-bond acceptors (Lipinski definition) is 2. The summed E-state index contributed by atoms with van der Waals surface area (Å²) in [7, 11) is 0. The summed E-state index contributed by atoms with van der Waals surface area (Å²) in [4.78, 5) is 4.21. The van der Waals surface area contributed by atoms with Crippen LogP contribution >= 0.6 is 0 Å². The molecule has 0 spiro atoms. The molecule has 0 aliphatic rings. The average Bonchev–Trinajstić information content (AvgIpc) is 2.94. The zero-order chi connectivity index (χ0) is 28.9. The van der Waals surface area contributed by atoms with E-state index in [2.05, 4.69) is 64.6 Å². The molecule has 0 heterocycles. The Balaban J connectivity index is 0.00000117. The summed E-state index contributed by atoms with van der Waals surface area (Å²) in [5.41, 5.74) is 6.79. The van der Waals surface area contributed by atoms with Crippen molar-refractivity contribution in [3.05, 3.63) is 119 Å². The highest BCUT2D eigenvalue weighted by Crippen LogP contribution is 2.22.